The van der Waals surface area contributed by atoms with Gasteiger partial charge in [-0.1, -0.05) is 55.4 Å². The minimum atomic E-state index is -0.768. The molecule has 2 aromatic rings. The van der Waals surface area contributed by atoms with Crippen LogP contribution >= 0.6 is 0 Å². The van der Waals surface area contributed by atoms with Crippen molar-refractivity contribution in [3.05, 3.63) is 24.3 Å². The van der Waals surface area contributed by atoms with Crippen molar-refractivity contribution in [1.29, 1.82) is 0 Å². The molecule has 4 aliphatic heterocycles. The van der Waals surface area contributed by atoms with E-state index >= 15 is 0 Å². The molecule has 0 spiro atoms. The van der Waals surface area contributed by atoms with Gasteiger partial charge < -0.3 is 39.8 Å². The Morgan fingerprint density at radius 1 is 0.414 bits per heavy atom. The maximum absolute atomic E-state index is 14.6. The van der Waals surface area contributed by atoms with E-state index in [9.17, 15) is 40.0 Å². The molecule has 4 fully saturated rings. The van der Waals surface area contributed by atoms with E-state index in [4.69, 9.17) is 18.9 Å². The average Bonchev–Trinajstić information content (AvgIpc) is 3.23. The topological polar surface area (TPSA) is 199 Å². The standard InChI is InChI=1S/C54H84N4O12/c1-29(2)41-17-33(25-51(9,10)55(41)63)47(59)67-37-21-39-40(45(23-37)69-49(61)35-19-43(31(5)6)57(65)53(13,14)27-35)22-38(68-48(60)34-18-42(30(3)4)56(64)52(11,12)26-34)24-46(39)70-50(62)36-20-44(32(7)8)58(66)54(15,16)28-36/h21-24,29-36,41-44,63-66H,17-20,25-28H2,1-16H3. The van der Waals surface area contributed by atoms with Crippen LogP contribution in [0.15, 0.2) is 24.3 Å². The van der Waals surface area contributed by atoms with Gasteiger partial charge in [-0.05, 0) is 143 Å². The Labute approximate surface area is 415 Å². The molecule has 8 atom stereocenters. The van der Waals surface area contributed by atoms with Gasteiger partial charge in [0.2, 0.25) is 0 Å². The fourth-order valence-electron chi connectivity index (χ4n) is 11.8. The molecular formula is C54H84N4O12. The lowest BCUT2D eigenvalue weighted by molar-refractivity contribution is -0.230. The maximum Gasteiger partial charge on any atom is 0.314 e. The van der Waals surface area contributed by atoms with E-state index in [1.54, 1.807) is 12.1 Å². The Balaban J connectivity index is 1.48. The van der Waals surface area contributed by atoms with Crippen molar-refractivity contribution in [3.63, 3.8) is 0 Å². The number of hydroxylamine groups is 8. The van der Waals surface area contributed by atoms with Crippen molar-refractivity contribution in [2.45, 2.75) is 208 Å². The largest absolute Gasteiger partial charge is 0.426 e. The molecule has 4 heterocycles. The molecule has 0 aliphatic carbocycles. The first-order valence-electron chi connectivity index (χ1n) is 25.7. The SMILES string of the molecule is CC(C)C1CC(C(=O)Oc2cc(OC(=O)C3CC(C(C)C)N(O)C(C)(C)C3)c3cc(OC(=O)C4CC(C(C)C)N(O)C(C)(C)C4)cc(OC(=O)C4CC(C(C)C)N(O)C(C)(C)C4)c3c2)CC(C)(C)N1O. The van der Waals surface area contributed by atoms with Crippen LogP contribution in [0.4, 0.5) is 0 Å². The van der Waals surface area contributed by atoms with Crippen LogP contribution in [0.1, 0.15) is 162 Å². The Bertz CT molecular complexity index is 2100. The number of ether oxygens (including phenoxy) is 4. The third-order valence-corrected chi connectivity index (χ3v) is 16.0. The van der Waals surface area contributed by atoms with Crippen LogP contribution in [0, 0.1) is 47.3 Å². The van der Waals surface area contributed by atoms with Crippen molar-refractivity contribution in [3.8, 4) is 23.0 Å². The second kappa shape index (κ2) is 20.6. The molecule has 4 saturated heterocycles. The van der Waals surface area contributed by atoms with E-state index in [2.05, 4.69) is 0 Å². The van der Waals surface area contributed by atoms with Crippen LogP contribution in [0.5, 0.6) is 23.0 Å². The lowest BCUT2D eigenvalue weighted by Gasteiger charge is -2.47. The molecule has 70 heavy (non-hydrogen) atoms. The summed E-state index contributed by atoms with van der Waals surface area (Å²) in [6.07, 6.45) is 2.47. The number of carbonyl (C=O) groups excluding carboxylic acids is 4. The van der Waals surface area contributed by atoms with Gasteiger partial charge in [-0.3, -0.25) is 19.2 Å². The highest BCUT2D eigenvalue weighted by atomic mass is 16.6. The maximum atomic E-state index is 14.6. The van der Waals surface area contributed by atoms with Crippen molar-refractivity contribution in [1.82, 2.24) is 20.3 Å². The minimum absolute atomic E-state index is 0.00733. The summed E-state index contributed by atoms with van der Waals surface area (Å²) >= 11 is 0. The van der Waals surface area contributed by atoms with Gasteiger partial charge in [0.1, 0.15) is 23.0 Å². The van der Waals surface area contributed by atoms with E-state index in [0.717, 1.165) is 0 Å². The van der Waals surface area contributed by atoms with Gasteiger partial charge in [-0.25, -0.2) is 0 Å². The molecule has 2 aromatic carbocycles. The van der Waals surface area contributed by atoms with Crippen LogP contribution < -0.4 is 18.9 Å². The molecule has 16 nitrogen and oxygen atoms in total. The first-order valence-corrected chi connectivity index (χ1v) is 25.7. The van der Waals surface area contributed by atoms with Crippen LogP contribution in [0.3, 0.4) is 0 Å². The van der Waals surface area contributed by atoms with Gasteiger partial charge >= 0.3 is 23.9 Å². The summed E-state index contributed by atoms with van der Waals surface area (Å²) in [5.74, 6) is -4.67. The van der Waals surface area contributed by atoms with Crippen LogP contribution in [0.25, 0.3) is 10.8 Å². The second-order valence-corrected chi connectivity index (χ2v) is 25.0. The highest BCUT2D eigenvalue weighted by Gasteiger charge is 2.49. The third-order valence-electron chi connectivity index (χ3n) is 16.0. The fourth-order valence-corrected chi connectivity index (χ4v) is 11.8. The quantitative estimate of drug-likeness (QED) is 0.116. The lowest BCUT2D eigenvalue weighted by atomic mass is 9.77. The molecule has 0 radical (unpaired) electrons. The zero-order valence-electron chi connectivity index (χ0n) is 44.7. The summed E-state index contributed by atoms with van der Waals surface area (Å²) in [6, 6.07) is 4.68. The molecule has 0 bridgehead atoms. The second-order valence-electron chi connectivity index (χ2n) is 25.0. The van der Waals surface area contributed by atoms with E-state index in [0.29, 0.717) is 38.5 Å². The predicted molar refractivity (Wildman–Crippen MR) is 263 cm³/mol. The summed E-state index contributed by atoms with van der Waals surface area (Å²) < 4.78 is 25.2. The molecular weight excluding hydrogens is 897 g/mol. The Hall–Kier alpha value is -3.74. The number of rotatable bonds is 12. The van der Waals surface area contributed by atoms with E-state index < -0.39 is 69.7 Å². The number of carbonyl (C=O) groups is 4. The molecule has 0 saturated carbocycles. The molecule has 4 aliphatic rings. The number of hydrogen-bond donors (Lipinski definition) is 4. The Kier molecular flexibility index (Phi) is 16.4. The van der Waals surface area contributed by atoms with Crippen molar-refractivity contribution >= 4 is 34.6 Å². The fraction of sp³-hybridized carbons (Fsp3) is 0.741. The highest BCUT2D eigenvalue weighted by Crippen LogP contribution is 2.46. The molecule has 8 unspecified atom stereocenters. The van der Waals surface area contributed by atoms with Crippen molar-refractivity contribution in [2.75, 3.05) is 0 Å². The highest BCUT2D eigenvalue weighted by molar-refractivity contribution is 5.99. The molecule has 0 aromatic heterocycles. The smallest absolute Gasteiger partial charge is 0.314 e. The van der Waals surface area contributed by atoms with Crippen molar-refractivity contribution in [2.24, 2.45) is 47.3 Å². The zero-order valence-corrected chi connectivity index (χ0v) is 44.7. The zero-order chi connectivity index (χ0) is 52.3. The molecule has 16 heteroatoms. The third kappa shape index (κ3) is 11.7. The summed E-state index contributed by atoms with van der Waals surface area (Å²) in [6.45, 7) is 30.9. The Morgan fingerprint density at radius 3 is 0.843 bits per heavy atom. The summed E-state index contributed by atoms with van der Waals surface area (Å²) in [5, 5.41) is 50.4. The van der Waals surface area contributed by atoms with Crippen LogP contribution in [0.2, 0.25) is 0 Å². The monoisotopic (exact) mass is 981 g/mol. The summed E-state index contributed by atoms with van der Waals surface area (Å²) in [4.78, 5) is 57.7. The average molecular weight is 981 g/mol. The molecule has 392 valence electrons. The van der Waals surface area contributed by atoms with Gasteiger partial charge in [0, 0.05) is 69.2 Å². The Morgan fingerprint density at radius 2 is 0.629 bits per heavy atom. The van der Waals surface area contributed by atoms with Crippen molar-refractivity contribution < 1.29 is 59.0 Å². The van der Waals surface area contributed by atoms with Gasteiger partial charge in [-0.2, -0.15) is 20.3 Å². The summed E-state index contributed by atoms with van der Waals surface area (Å²) in [5.41, 5.74) is -3.01. The van der Waals surface area contributed by atoms with Gasteiger partial charge in [-0.15, -0.1) is 0 Å². The first kappa shape index (κ1) is 55.6. The van der Waals surface area contributed by atoms with E-state index in [-0.39, 0.29) is 94.5 Å². The number of piperidine rings is 4. The van der Waals surface area contributed by atoms with E-state index in [1.807, 2.05) is 111 Å². The normalized spacial score (nSPS) is 29.7. The van der Waals surface area contributed by atoms with Gasteiger partial charge in [0.25, 0.3) is 0 Å². The number of benzene rings is 2. The molecule has 6 rings (SSSR count). The van der Waals surface area contributed by atoms with Gasteiger partial charge in [0.15, 0.2) is 0 Å². The van der Waals surface area contributed by atoms with Crippen LogP contribution in [-0.2, 0) is 19.2 Å². The number of esters is 4. The minimum Gasteiger partial charge on any atom is -0.426 e. The predicted octanol–water partition coefficient (Wildman–Crippen LogP) is 10.1. The first-order chi connectivity index (χ1) is 32.2. The summed E-state index contributed by atoms with van der Waals surface area (Å²) in [7, 11) is 0. The number of hydrogen-bond acceptors (Lipinski definition) is 16. The lowest BCUT2D eigenvalue weighted by Crippen LogP contribution is -2.56. The van der Waals surface area contributed by atoms with Crippen LogP contribution in [-0.4, -0.2) is 111 Å². The molecule has 0 amide bonds. The number of fused-ring (bicyclic) bond motifs is 1. The molecule has 4 N–H and O–H groups in total. The number of nitrogens with zero attached hydrogens (tertiary/aromatic N) is 4. The van der Waals surface area contributed by atoms with Gasteiger partial charge in [0.05, 0.1) is 23.7 Å². The van der Waals surface area contributed by atoms with E-state index in [1.165, 1.54) is 32.4 Å².